The fraction of sp³-hybridized carbons (Fsp3) is 0.722. The van der Waals surface area contributed by atoms with Gasteiger partial charge >= 0.3 is 0 Å². The van der Waals surface area contributed by atoms with Crippen molar-refractivity contribution in [2.75, 3.05) is 13.7 Å². The second-order valence-corrected chi connectivity index (χ2v) is 7.49. The molecule has 0 radical (unpaired) electrons. The van der Waals surface area contributed by atoms with Gasteiger partial charge in [-0.25, -0.2) is 0 Å². The Kier molecular flexibility index (Phi) is 5.26. The van der Waals surface area contributed by atoms with Crippen molar-refractivity contribution in [3.63, 3.8) is 0 Å². The third-order valence-corrected chi connectivity index (χ3v) is 4.72. The van der Waals surface area contributed by atoms with Crippen molar-refractivity contribution in [3.8, 4) is 5.75 Å². The van der Waals surface area contributed by atoms with E-state index in [-0.39, 0.29) is 0 Å². The van der Waals surface area contributed by atoms with Gasteiger partial charge in [-0.1, -0.05) is 27.7 Å². The minimum atomic E-state index is 0.419. The molecule has 1 fully saturated rings. The second-order valence-electron chi connectivity index (χ2n) is 7.49. The Morgan fingerprint density at radius 2 is 2.14 bits per heavy atom. The quantitative estimate of drug-likeness (QED) is 0.890. The van der Waals surface area contributed by atoms with Crippen molar-refractivity contribution in [2.45, 2.75) is 58.9 Å². The van der Waals surface area contributed by atoms with E-state index in [2.05, 4.69) is 44.1 Å². The van der Waals surface area contributed by atoms with E-state index in [9.17, 15) is 0 Å². The summed E-state index contributed by atoms with van der Waals surface area (Å²) in [6.45, 7) is 10.3. The molecule has 0 spiro atoms. The fourth-order valence-electron chi connectivity index (χ4n) is 3.41. The number of nitrogens with one attached hydrogen (secondary N) is 1. The van der Waals surface area contributed by atoms with Crippen LogP contribution in [0.25, 0.3) is 0 Å². The standard InChI is InChI=1S/C18H30N2O/c1-13(2)20-11-14-6-7-18(3,4)9-17(14)15-8-16(21-5)12-19-10-15/h8,10,12-14,17,20H,6-7,9,11H2,1-5H3. The van der Waals surface area contributed by atoms with Gasteiger partial charge in [-0.15, -0.1) is 0 Å². The van der Waals surface area contributed by atoms with E-state index in [0.29, 0.717) is 23.3 Å². The maximum absolute atomic E-state index is 5.35. The molecule has 1 heterocycles. The molecule has 1 aliphatic carbocycles. The molecule has 0 aliphatic heterocycles. The van der Waals surface area contributed by atoms with Gasteiger partial charge in [0.2, 0.25) is 0 Å². The van der Waals surface area contributed by atoms with Crippen LogP contribution in [0.5, 0.6) is 5.75 Å². The van der Waals surface area contributed by atoms with Gasteiger partial charge in [0.15, 0.2) is 0 Å². The molecule has 2 rings (SSSR count). The van der Waals surface area contributed by atoms with E-state index in [1.165, 1.54) is 24.8 Å². The number of aromatic nitrogens is 1. The summed E-state index contributed by atoms with van der Waals surface area (Å²) in [6, 6.07) is 2.71. The SMILES string of the molecule is COc1cncc(C2CC(C)(C)CCC2CNC(C)C)c1. The molecule has 1 aliphatic rings. The van der Waals surface area contributed by atoms with Crippen LogP contribution in [-0.2, 0) is 0 Å². The van der Waals surface area contributed by atoms with E-state index >= 15 is 0 Å². The van der Waals surface area contributed by atoms with E-state index in [1.54, 1.807) is 13.3 Å². The molecule has 1 saturated carbocycles. The van der Waals surface area contributed by atoms with Gasteiger partial charge in [-0.05, 0) is 54.7 Å². The predicted octanol–water partition coefficient (Wildman–Crippen LogP) is 4.00. The molecule has 2 unspecified atom stereocenters. The number of rotatable bonds is 5. The number of methoxy groups -OCH3 is 1. The maximum Gasteiger partial charge on any atom is 0.137 e. The van der Waals surface area contributed by atoms with Gasteiger partial charge in [-0.3, -0.25) is 4.98 Å². The molecule has 1 N–H and O–H groups in total. The molecule has 3 heteroatoms. The predicted molar refractivity (Wildman–Crippen MR) is 87.8 cm³/mol. The first-order chi connectivity index (χ1) is 9.91. The monoisotopic (exact) mass is 290 g/mol. The Balaban J connectivity index is 2.19. The van der Waals surface area contributed by atoms with Gasteiger partial charge < -0.3 is 10.1 Å². The average molecular weight is 290 g/mol. The van der Waals surface area contributed by atoms with Crippen LogP contribution in [0.4, 0.5) is 0 Å². The van der Waals surface area contributed by atoms with Gasteiger partial charge in [0.05, 0.1) is 13.3 Å². The molecule has 0 bridgehead atoms. The molecule has 1 aromatic heterocycles. The number of pyridine rings is 1. The summed E-state index contributed by atoms with van der Waals surface area (Å²) in [6.07, 6.45) is 7.64. The van der Waals surface area contributed by atoms with Gasteiger partial charge in [-0.2, -0.15) is 0 Å². The van der Waals surface area contributed by atoms with E-state index < -0.39 is 0 Å². The van der Waals surface area contributed by atoms with Crippen LogP contribution in [0.2, 0.25) is 0 Å². The number of ether oxygens (including phenoxy) is 1. The lowest BCUT2D eigenvalue weighted by atomic mass is 9.65. The van der Waals surface area contributed by atoms with Crippen molar-refractivity contribution in [3.05, 3.63) is 24.0 Å². The Morgan fingerprint density at radius 3 is 2.81 bits per heavy atom. The highest BCUT2D eigenvalue weighted by Gasteiger charge is 2.35. The van der Waals surface area contributed by atoms with Gasteiger partial charge in [0.25, 0.3) is 0 Å². The molecular weight excluding hydrogens is 260 g/mol. The number of hydrogen-bond donors (Lipinski definition) is 1. The summed E-state index contributed by atoms with van der Waals surface area (Å²) >= 11 is 0. The first kappa shape index (κ1) is 16.3. The van der Waals surface area contributed by atoms with Crippen LogP contribution < -0.4 is 10.1 Å². The van der Waals surface area contributed by atoms with Crippen molar-refractivity contribution >= 4 is 0 Å². The third kappa shape index (κ3) is 4.44. The summed E-state index contributed by atoms with van der Waals surface area (Å²) in [7, 11) is 1.71. The van der Waals surface area contributed by atoms with E-state index in [0.717, 1.165) is 12.3 Å². The van der Waals surface area contributed by atoms with Crippen molar-refractivity contribution in [1.82, 2.24) is 10.3 Å². The Hall–Kier alpha value is -1.09. The Bertz CT molecular complexity index is 454. The topological polar surface area (TPSA) is 34.1 Å². The van der Waals surface area contributed by atoms with Crippen molar-refractivity contribution < 1.29 is 4.74 Å². The third-order valence-electron chi connectivity index (χ3n) is 4.72. The minimum absolute atomic E-state index is 0.419. The smallest absolute Gasteiger partial charge is 0.137 e. The Labute approximate surface area is 129 Å². The largest absolute Gasteiger partial charge is 0.495 e. The summed E-state index contributed by atoms with van der Waals surface area (Å²) in [5.74, 6) is 2.13. The lowest BCUT2D eigenvalue weighted by molar-refractivity contribution is 0.158. The molecule has 118 valence electrons. The zero-order valence-electron chi connectivity index (χ0n) is 14.1. The Morgan fingerprint density at radius 1 is 1.38 bits per heavy atom. The van der Waals surface area contributed by atoms with Crippen LogP contribution >= 0.6 is 0 Å². The van der Waals surface area contributed by atoms with E-state index in [4.69, 9.17) is 4.74 Å². The summed E-state index contributed by atoms with van der Waals surface area (Å²) < 4.78 is 5.35. The average Bonchev–Trinajstić information content (AvgIpc) is 2.45. The normalized spacial score (nSPS) is 25.0. The highest BCUT2D eigenvalue weighted by Crippen LogP contribution is 2.46. The van der Waals surface area contributed by atoms with Crippen LogP contribution in [0.1, 0.15) is 58.4 Å². The van der Waals surface area contributed by atoms with Crippen molar-refractivity contribution in [2.24, 2.45) is 11.3 Å². The zero-order chi connectivity index (χ0) is 15.5. The molecule has 0 saturated heterocycles. The highest BCUT2D eigenvalue weighted by atomic mass is 16.5. The lowest BCUT2D eigenvalue weighted by Crippen LogP contribution is -2.37. The zero-order valence-corrected chi connectivity index (χ0v) is 14.1. The molecule has 1 aromatic rings. The van der Waals surface area contributed by atoms with Gasteiger partial charge in [0.1, 0.15) is 5.75 Å². The highest BCUT2D eigenvalue weighted by molar-refractivity contribution is 5.27. The van der Waals surface area contributed by atoms with Crippen LogP contribution in [0, 0.1) is 11.3 Å². The first-order valence-corrected chi connectivity index (χ1v) is 8.13. The van der Waals surface area contributed by atoms with Crippen molar-refractivity contribution in [1.29, 1.82) is 0 Å². The second kappa shape index (κ2) is 6.78. The molecule has 3 nitrogen and oxygen atoms in total. The van der Waals surface area contributed by atoms with Crippen LogP contribution in [0.3, 0.4) is 0 Å². The van der Waals surface area contributed by atoms with Crippen LogP contribution in [-0.4, -0.2) is 24.7 Å². The number of hydrogen-bond acceptors (Lipinski definition) is 3. The molecule has 0 aromatic carbocycles. The van der Waals surface area contributed by atoms with Gasteiger partial charge in [0, 0.05) is 12.2 Å². The molecule has 0 amide bonds. The lowest BCUT2D eigenvalue weighted by Gasteiger charge is -2.41. The fourth-order valence-corrected chi connectivity index (χ4v) is 3.41. The maximum atomic E-state index is 5.35. The summed E-state index contributed by atoms with van der Waals surface area (Å²) in [4.78, 5) is 4.36. The summed E-state index contributed by atoms with van der Waals surface area (Å²) in [5.41, 5.74) is 1.75. The summed E-state index contributed by atoms with van der Waals surface area (Å²) in [5, 5.41) is 3.62. The van der Waals surface area contributed by atoms with Crippen LogP contribution in [0.15, 0.2) is 18.5 Å². The molecule has 2 atom stereocenters. The number of nitrogens with zero attached hydrogens (tertiary/aromatic N) is 1. The molecule has 21 heavy (non-hydrogen) atoms. The first-order valence-electron chi connectivity index (χ1n) is 8.13. The van der Waals surface area contributed by atoms with E-state index in [1.807, 2.05) is 6.20 Å². The minimum Gasteiger partial charge on any atom is -0.495 e. The molecular formula is C18H30N2O.